The third-order valence-corrected chi connectivity index (χ3v) is 4.84. The molecule has 1 amide bonds. The minimum Gasteiger partial charge on any atom is -0.349 e. The maximum atomic E-state index is 12.6. The molecule has 5 nitrogen and oxygen atoms in total. The van der Waals surface area contributed by atoms with E-state index < -0.39 is 0 Å². The van der Waals surface area contributed by atoms with Crippen LogP contribution in [0.15, 0.2) is 54.9 Å². The van der Waals surface area contributed by atoms with Gasteiger partial charge in [-0.1, -0.05) is 18.2 Å². The summed E-state index contributed by atoms with van der Waals surface area (Å²) in [5, 5.41) is 3.17. The van der Waals surface area contributed by atoms with Crippen LogP contribution in [-0.4, -0.2) is 46.4 Å². The number of carbonyl (C=O) groups is 1. The van der Waals surface area contributed by atoms with Crippen molar-refractivity contribution in [3.63, 3.8) is 0 Å². The zero-order valence-electron chi connectivity index (χ0n) is 14.4. The first kappa shape index (κ1) is 15.8. The Morgan fingerprint density at radius 1 is 1.16 bits per heavy atom. The molecule has 5 heteroatoms. The molecule has 0 spiro atoms. The van der Waals surface area contributed by atoms with E-state index in [1.54, 1.807) is 0 Å². The van der Waals surface area contributed by atoms with Crippen molar-refractivity contribution < 1.29 is 4.79 Å². The smallest absolute Gasteiger partial charge is 0.251 e. The van der Waals surface area contributed by atoms with Crippen molar-refractivity contribution in [2.75, 3.05) is 20.1 Å². The molecule has 1 aliphatic heterocycles. The lowest BCUT2D eigenvalue weighted by atomic mass is 10.0. The molecular formula is C20H22N4O. The SMILES string of the molecule is CN1CCC(NC(=O)c2cccc(-c3cn4ccccc4n3)c2)CC1. The largest absolute Gasteiger partial charge is 0.349 e. The minimum atomic E-state index is 0.000155. The number of fused-ring (bicyclic) bond motifs is 1. The molecular weight excluding hydrogens is 312 g/mol. The number of imidazole rings is 1. The molecule has 3 aromatic rings. The third kappa shape index (κ3) is 3.42. The maximum absolute atomic E-state index is 12.6. The summed E-state index contributed by atoms with van der Waals surface area (Å²) < 4.78 is 1.99. The van der Waals surface area contributed by atoms with Gasteiger partial charge in [-0.3, -0.25) is 4.79 Å². The summed E-state index contributed by atoms with van der Waals surface area (Å²) in [6.07, 6.45) is 5.98. The second-order valence-corrected chi connectivity index (χ2v) is 6.72. The van der Waals surface area contributed by atoms with Gasteiger partial charge in [0.25, 0.3) is 5.91 Å². The van der Waals surface area contributed by atoms with Crippen LogP contribution in [0.3, 0.4) is 0 Å². The fourth-order valence-electron chi connectivity index (χ4n) is 3.32. The summed E-state index contributed by atoms with van der Waals surface area (Å²) in [7, 11) is 2.12. The van der Waals surface area contributed by atoms with E-state index in [-0.39, 0.29) is 11.9 Å². The van der Waals surface area contributed by atoms with Crippen LogP contribution in [-0.2, 0) is 0 Å². The molecule has 0 saturated carbocycles. The molecule has 0 aliphatic carbocycles. The third-order valence-electron chi connectivity index (χ3n) is 4.84. The molecule has 2 aromatic heterocycles. The number of amides is 1. The van der Waals surface area contributed by atoms with Gasteiger partial charge in [0.1, 0.15) is 5.65 Å². The van der Waals surface area contributed by atoms with Gasteiger partial charge in [0.15, 0.2) is 0 Å². The van der Waals surface area contributed by atoms with Crippen LogP contribution in [0.25, 0.3) is 16.9 Å². The summed E-state index contributed by atoms with van der Waals surface area (Å²) in [5.41, 5.74) is 3.42. The Labute approximate surface area is 147 Å². The van der Waals surface area contributed by atoms with Crippen molar-refractivity contribution in [3.8, 4) is 11.3 Å². The number of piperidine rings is 1. The zero-order valence-corrected chi connectivity index (χ0v) is 14.4. The lowest BCUT2D eigenvalue weighted by molar-refractivity contribution is 0.0917. The van der Waals surface area contributed by atoms with Crippen molar-refractivity contribution in [3.05, 3.63) is 60.4 Å². The van der Waals surface area contributed by atoms with Crippen molar-refractivity contribution in [1.82, 2.24) is 19.6 Å². The summed E-state index contributed by atoms with van der Waals surface area (Å²) >= 11 is 0. The van der Waals surface area contributed by atoms with Gasteiger partial charge in [-0.2, -0.15) is 0 Å². The topological polar surface area (TPSA) is 49.6 Å². The van der Waals surface area contributed by atoms with Crippen molar-refractivity contribution in [2.45, 2.75) is 18.9 Å². The number of hydrogen-bond donors (Lipinski definition) is 1. The van der Waals surface area contributed by atoms with Gasteiger partial charge in [-0.15, -0.1) is 0 Å². The molecule has 4 rings (SSSR count). The molecule has 128 valence electrons. The molecule has 1 fully saturated rings. The van der Waals surface area contributed by atoms with E-state index in [1.165, 1.54) is 0 Å². The first-order chi connectivity index (χ1) is 12.2. The highest BCUT2D eigenvalue weighted by Crippen LogP contribution is 2.20. The van der Waals surface area contributed by atoms with Gasteiger partial charge in [-0.05, 0) is 57.2 Å². The Morgan fingerprint density at radius 3 is 2.80 bits per heavy atom. The highest BCUT2D eigenvalue weighted by Gasteiger charge is 2.19. The number of hydrogen-bond acceptors (Lipinski definition) is 3. The van der Waals surface area contributed by atoms with E-state index in [0.717, 1.165) is 42.8 Å². The molecule has 0 unspecified atom stereocenters. The number of carbonyl (C=O) groups excluding carboxylic acids is 1. The average molecular weight is 334 g/mol. The molecule has 0 atom stereocenters. The first-order valence-corrected chi connectivity index (χ1v) is 8.72. The molecule has 0 bridgehead atoms. The summed E-state index contributed by atoms with van der Waals surface area (Å²) in [6.45, 7) is 2.07. The second kappa shape index (κ2) is 6.69. The van der Waals surface area contributed by atoms with Crippen LogP contribution >= 0.6 is 0 Å². The van der Waals surface area contributed by atoms with E-state index >= 15 is 0 Å². The van der Waals surface area contributed by atoms with Gasteiger partial charge >= 0.3 is 0 Å². The number of likely N-dealkylation sites (tertiary alicyclic amines) is 1. The van der Waals surface area contributed by atoms with Crippen LogP contribution < -0.4 is 5.32 Å². The number of rotatable bonds is 3. The summed E-state index contributed by atoms with van der Waals surface area (Å²) in [4.78, 5) is 19.5. The Morgan fingerprint density at radius 2 is 2.00 bits per heavy atom. The summed E-state index contributed by atoms with van der Waals surface area (Å²) in [5.74, 6) is 0.000155. The molecule has 25 heavy (non-hydrogen) atoms. The van der Waals surface area contributed by atoms with Gasteiger partial charge in [0, 0.05) is 29.6 Å². The summed E-state index contributed by atoms with van der Waals surface area (Å²) in [6, 6.07) is 13.9. The van der Waals surface area contributed by atoms with Crippen LogP contribution in [0.2, 0.25) is 0 Å². The Hall–Kier alpha value is -2.66. The van der Waals surface area contributed by atoms with Crippen molar-refractivity contribution in [2.24, 2.45) is 0 Å². The minimum absolute atomic E-state index is 0.000155. The molecule has 1 saturated heterocycles. The number of nitrogens with one attached hydrogen (secondary N) is 1. The second-order valence-electron chi connectivity index (χ2n) is 6.72. The maximum Gasteiger partial charge on any atom is 0.251 e. The number of benzene rings is 1. The van der Waals surface area contributed by atoms with Gasteiger partial charge in [-0.25, -0.2) is 4.98 Å². The normalized spacial score (nSPS) is 16.2. The fourth-order valence-corrected chi connectivity index (χ4v) is 3.32. The van der Waals surface area contributed by atoms with Gasteiger partial charge in [0.05, 0.1) is 5.69 Å². The first-order valence-electron chi connectivity index (χ1n) is 8.72. The van der Waals surface area contributed by atoms with Crippen molar-refractivity contribution in [1.29, 1.82) is 0 Å². The Balaban J connectivity index is 1.53. The van der Waals surface area contributed by atoms with E-state index in [1.807, 2.05) is 59.3 Å². The van der Waals surface area contributed by atoms with Gasteiger partial charge < -0.3 is 14.6 Å². The molecule has 0 radical (unpaired) electrons. The molecule has 1 aliphatic rings. The van der Waals surface area contributed by atoms with Crippen molar-refractivity contribution >= 4 is 11.6 Å². The molecule has 1 aromatic carbocycles. The predicted octanol–water partition coefficient (Wildman–Crippen LogP) is 2.83. The monoisotopic (exact) mass is 334 g/mol. The number of nitrogens with zero attached hydrogens (tertiary/aromatic N) is 3. The van der Waals surface area contributed by atoms with Crippen LogP contribution in [0, 0.1) is 0 Å². The van der Waals surface area contributed by atoms with Crippen LogP contribution in [0.4, 0.5) is 0 Å². The predicted molar refractivity (Wildman–Crippen MR) is 98.6 cm³/mol. The molecule has 3 heterocycles. The number of aromatic nitrogens is 2. The average Bonchev–Trinajstić information content (AvgIpc) is 3.08. The zero-order chi connectivity index (χ0) is 17.2. The van der Waals surface area contributed by atoms with Crippen LogP contribution in [0.1, 0.15) is 23.2 Å². The highest BCUT2D eigenvalue weighted by molar-refractivity contribution is 5.95. The van der Waals surface area contributed by atoms with E-state index in [0.29, 0.717) is 5.56 Å². The van der Waals surface area contributed by atoms with E-state index in [9.17, 15) is 4.79 Å². The lowest BCUT2D eigenvalue weighted by Gasteiger charge is -2.29. The fraction of sp³-hybridized carbons (Fsp3) is 0.300. The Bertz CT molecular complexity index is 860. The quantitative estimate of drug-likeness (QED) is 0.801. The van der Waals surface area contributed by atoms with Crippen LogP contribution in [0.5, 0.6) is 0 Å². The Kier molecular flexibility index (Phi) is 4.24. The van der Waals surface area contributed by atoms with Gasteiger partial charge in [0.2, 0.25) is 0 Å². The van der Waals surface area contributed by atoms with E-state index in [4.69, 9.17) is 0 Å². The highest BCUT2D eigenvalue weighted by atomic mass is 16.1. The number of pyridine rings is 1. The van der Waals surface area contributed by atoms with E-state index in [2.05, 4.69) is 22.2 Å². The standard InChI is InChI=1S/C20H22N4O/c1-23-11-8-17(9-12-23)21-20(25)16-6-4-5-15(13-16)18-14-24-10-3-2-7-19(24)22-18/h2-7,10,13-14,17H,8-9,11-12H2,1H3,(H,21,25). The molecule has 1 N–H and O–H groups in total. The lowest BCUT2D eigenvalue weighted by Crippen LogP contribution is -2.43.